The Kier molecular flexibility index (Phi) is 6.81. The molecule has 0 spiro atoms. The molecule has 2 saturated heterocycles. The van der Waals surface area contributed by atoms with Crippen molar-refractivity contribution < 1.29 is 24.3 Å². The topological polar surface area (TPSA) is 95.0 Å². The number of hydrogen-bond acceptors (Lipinski definition) is 6. The lowest BCUT2D eigenvalue weighted by molar-refractivity contribution is -0.144. The summed E-state index contributed by atoms with van der Waals surface area (Å²) in [5, 5.41) is 10.2. The van der Waals surface area contributed by atoms with Gasteiger partial charge in [0.2, 0.25) is 11.8 Å². The minimum atomic E-state index is -0.543. The molecule has 220 valence electrons. The second kappa shape index (κ2) is 10.6. The van der Waals surface area contributed by atoms with Crippen molar-refractivity contribution in [3.63, 3.8) is 0 Å². The van der Waals surface area contributed by atoms with Gasteiger partial charge < -0.3 is 5.11 Å². The lowest BCUT2D eigenvalue weighted by Gasteiger charge is -2.42. The standard InChI is InChI=1S/C36H36N2O5/c1-20-16-23(8-11-29(20)39)31-25-9-10-26-32(27(25)18-28-33(31)30(40)17-21(2)34(28)41)36(43)38(35(26)42)24-12-14-37(15-13-24)19-22-6-4-3-5-7-22/h3-9,11,16-17,24,26-27,31-32,39H,10,12-15,18-19H2,1-2H3/t26-,27+,31-,32-/m0/s1. The van der Waals surface area contributed by atoms with Crippen molar-refractivity contribution in [1.29, 1.82) is 0 Å². The lowest BCUT2D eigenvalue weighted by Crippen LogP contribution is -2.47. The molecule has 2 aliphatic heterocycles. The fourth-order valence-corrected chi connectivity index (χ4v) is 8.18. The number of phenolic OH excluding ortho intramolecular Hbond substituents is 1. The van der Waals surface area contributed by atoms with Crippen LogP contribution in [0.5, 0.6) is 5.75 Å². The molecule has 0 unspecified atom stereocenters. The predicted octanol–water partition coefficient (Wildman–Crippen LogP) is 4.79. The molecule has 7 nitrogen and oxygen atoms in total. The number of ketones is 2. The maximum atomic E-state index is 14.2. The number of carbonyl (C=O) groups excluding carboxylic acids is 4. The number of Topliss-reactive ketones (excluding diaryl/α,β-unsaturated/α-hetero) is 1. The van der Waals surface area contributed by atoms with E-state index in [2.05, 4.69) is 23.1 Å². The van der Waals surface area contributed by atoms with Crippen LogP contribution in [0.1, 0.15) is 55.2 Å². The summed E-state index contributed by atoms with van der Waals surface area (Å²) >= 11 is 0. The molecule has 2 amide bonds. The maximum absolute atomic E-state index is 14.2. The summed E-state index contributed by atoms with van der Waals surface area (Å²) in [7, 11) is 0. The van der Waals surface area contributed by atoms with Crippen LogP contribution in [0.3, 0.4) is 0 Å². The number of aryl methyl sites for hydroxylation is 1. The van der Waals surface area contributed by atoms with Crippen LogP contribution < -0.4 is 0 Å². The smallest absolute Gasteiger partial charge is 0.233 e. The van der Waals surface area contributed by atoms with Gasteiger partial charge in [-0.1, -0.05) is 54.1 Å². The average Bonchev–Trinajstić information content (AvgIpc) is 3.26. The van der Waals surface area contributed by atoms with Crippen molar-refractivity contribution in [3.05, 3.63) is 99.7 Å². The largest absolute Gasteiger partial charge is 0.508 e. The van der Waals surface area contributed by atoms with Gasteiger partial charge in [-0.3, -0.25) is 29.0 Å². The molecule has 0 saturated carbocycles. The zero-order valence-electron chi connectivity index (χ0n) is 24.6. The number of imide groups is 1. The zero-order chi connectivity index (χ0) is 30.0. The van der Waals surface area contributed by atoms with Crippen LogP contribution in [0.4, 0.5) is 0 Å². The summed E-state index contributed by atoms with van der Waals surface area (Å²) < 4.78 is 0. The Bertz CT molecular complexity index is 1640. The third kappa shape index (κ3) is 4.52. The van der Waals surface area contributed by atoms with E-state index in [4.69, 9.17) is 0 Å². The van der Waals surface area contributed by atoms with Crippen LogP contribution in [-0.4, -0.2) is 57.4 Å². The third-order valence-electron chi connectivity index (χ3n) is 10.3. The summed E-state index contributed by atoms with van der Waals surface area (Å²) in [6.07, 6.45) is 5.70. The van der Waals surface area contributed by atoms with Crippen LogP contribution in [0, 0.1) is 24.7 Å². The number of rotatable bonds is 4. The molecule has 3 aliphatic carbocycles. The van der Waals surface area contributed by atoms with Crippen molar-refractivity contribution in [3.8, 4) is 5.75 Å². The molecular formula is C36H36N2O5. The number of nitrogens with zero attached hydrogens (tertiary/aromatic N) is 2. The lowest BCUT2D eigenvalue weighted by atomic mass is 9.59. The highest BCUT2D eigenvalue weighted by Gasteiger charge is 2.57. The molecule has 0 bridgehead atoms. The highest BCUT2D eigenvalue weighted by molar-refractivity contribution is 6.23. The van der Waals surface area contributed by atoms with E-state index in [1.54, 1.807) is 30.9 Å². The number of benzene rings is 2. The first-order valence-corrected chi connectivity index (χ1v) is 15.4. The van der Waals surface area contributed by atoms with Gasteiger partial charge in [0.05, 0.1) is 11.8 Å². The molecule has 2 heterocycles. The van der Waals surface area contributed by atoms with E-state index in [-0.39, 0.29) is 47.5 Å². The van der Waals surface area contributed by atoms with E-state index in [1.807, 2.05) is 24.3 Å². The fourth-order valence-electron chi connectivity index (χ4n) is 8.18. The normalized spacial score (nSPS) is 28.0. The predicted molar refractivity (Wildman–Crippen MR) is 161 cm³/mol. The number of hydrogen-bond donors (Lipinski definition) is 1. The van der Waals surface area contributed by atoms with Crippen molar-refractivity contribution in [2.45, 2.75) is 58.0 Å². The van der Waals surface area contributed by atoms with Gasteiger partial charge in [0.15, 0.2) is 11.6 Å². The summed E-state index contributed by atoms with van der Waals surface area (Å²) in [6, 6.07) is 15.5. The van der Waals surface area contributed by atoms with Crippen LogP contribution in [-0.2, 0) is 25.7 Å². The molecule has 2 aromatic carbocycles. The number of aromatic hydroxyl groups is 1. The molecule has 2 fully saturated rings. The Balaban J connectivity index is 1.19. The highest BCUT2D eigenvalue weighted by Crippen LogP contribution is 2.55. The average molecular weight is 577 g/mol. The molecule has 4 atom stereocenters. The number of likely N-dealkylation sites (tertiary alicyclic amines) is 2. The molecule has 1 N–H and O–H groups in total. The number of fused-ring (bicyclic) bond motifs is 3. The molecule has 5 aliphatic rings. The number of carbonyl (C=O) groups is 4. The Hall–Kier alpha value is -4.10. The van der Waals surface area contributed by atoms with Crippen LogP contribution in [0.15, 0.2) is 83.0 Å². The molecule has 7 rings (SSSR count). The van der Waals surface area contributed by atoms with Gasteiger partial charge in [-0.2, -0.15) is 0 Å². The van der Waals surface area contributed by atoms with E-state index in [9.17, 15) is 24.3 Å². The van der Waals surface area contributed by atoms with Crippen molar-refractivity contribution in [1.82, 2.24) is 9.80 Å². The summed E-state index contributed by atoms with van der Waals surface area (Å²) in [5.74, 6) is -2.21. The first-order valence-electron chi connectivity index (χ1n) is 15.4. The van der Waals surface area contributed by atoms with E-state index in [1.165, 1.54) is 11.6 Å². The first kappa shape index (κ1) is 27.7. The van der Waals surface area contributed by atoms with Crippen LogP contribution >= 0.6 is 0 Å². The fraction of sp³-hybridized carbons (Fsp3) is 0.389. The molecule has 0 radical (unpaired) electrons. The van der Waals surface area contributed by atoms with Gasteiger partial charge in [-0.15, -0.1) is 0 Å². The SMILES string of the molecule is CC1=CC(=O)C2=C(C[C@@H]3C(=CC[C@@H]4C(=O)N(C5CCN(Cc6ccccc6)CC5)C(=O)[C@@H]43)[C@@H]2c2ccc(O)c(C)c2)C1=O. The van der Waals surface area contributed by atoms with Crippen molar-refractivity contribution in [2.24, 2.45) is 17.8 Å². The molecule has 7 heteroatoms. The van der Waals surface area contributed by atoms with Gasteiger partial charge in [0.25, 0.3) is 0 Å². The van der Waals surface area contributed by atoms with Gasteiger partial charge in [-0.05, 0) is 74.3 Å². The number of piperidine rings is 1. The van der Waals surface area contributed by atoms with Gasteiger partial charge in [0.1, 0.15) is 5.75 Å². The maximum Gasteiger partial charge on any atom is 0.233 e. The molecule has 43 heavy (non-hydrogen) atoms. The molecular weight excluding hydrogens is 540 g/mol. The van der Waals surface area contributed by atoms with Crippen molar-refractivity contribution in [2.75, 3.05) is 13.1 Å². The summed E-state index contributed by atoms with van der Waals surface area (Å²) in [6.45, 7) is 5.96. The third-order valence-corrected chi connectivity index (χ3v) is 10.3. The second-order valence-corrected chi connectivity index (χ2v) is 12.8. The Morgan fingerprint density at radius 2 is 1.65 bits per heavy atom. The summed E-state index contributed by atoms with van der Waals surface area (Å²) in [5.41, 5.74) is 5.03. The van der Waals surface area contributed by atoms with Gasteiger partial charge in [0, 0.05) is 48.3 Å². The quantitative estimate of drug-likeness (QED) is 0.320. The van der Waals surface area contributed by atoms with E-state index in [0.29, 0.717) is 28.7 Å². The number of allylic oxidation sites excluding steroid dienone is 6. The van der Waals surface area contributed by atoms with Crippen molar-refractivity contribution >= 4 is 23.4 Å². The first-order chi connectivity index (χ1) is 20.7. The summed E-state index contributed by atoms with van der Waals surface area (Å²) in [4.78, 5) is 59.0. The zero-order valence-corrected chi connectivity index (χ0v) is 24.6. The Morgan fingerprint density at radius 3 is 2.37 bits per heavy atom. The van der Waals surface area contributed by atoms with Gasteiger partial charge >= 0.3 is 0 Å². The number of amides is 2. The molecule has 2 aromatic rings. The Labute approximate surface area is 251 Å². The van der Waals surface area contributed by atoms with Gasteiger partial charge in [-0.25, -0.2) is 0 Å². The van der Waals surface area contributed by atoms with E-state index >= 15 is 0 Å². The van der Waals surface area contributed by atoms with Crippen LogP contribution in [0.2, 0.25) is 0 Å². The second-order valence-electron chi connectivity index (χ2n) is 12.8. The highest BCUT2D eigenvalue weighted by atomic mass is 16.3. The molecule has 0 aromatic heterocycles. The van der Waals surface area contributed by atoms with E-state index in [0.717, 1.165) is 43.6 Å². The monoisotopic (exact) mass is 576 g/mol. The Morgan fingerprint density at radius 1 is 0.907 bits per heavy atom. The minimum Gasteiger partial charge on any atom is -0.508 e. The number of phenols is 1. The minimum absolute atomic E-state index is 0.0919. The van der Waals surface area contributed by atoms with E-state index < -0.39 is 17.8 Å². The van der Waals surface area contributed by atoms with Crippen LogP contribution in [0.25, 0.3) is 0 Å².